The maximum Gasteiger partial charge on any atom is 0.339 e. The van der Waals surface area contributed by atoms with Gasteiger partial charge in [-0.1, -0.05) is 54.6 Å². The second kappa shape index (κ2) is 7.41. The van der Waals surface area contributed by atoms with Crippen LogP contribution in [-0.2, 0) is 16.0 Å². The van der Waals surface area contributed by atoms with Gasteiger partial charge in [-0.3, -0.25) is 9.78 Å². The number of carbonyl (C=O) groups is 2. The predicted molar refractivity (Wildman–Crippen MR) is 100 cm³/mol. The van der Waals surface area contributed by atoms with Gasteiger partial charge in [0.15, 0.2) is 6.10 Å². The molecule has 5 nitrogen and oxygen atoms in total. The van der Waals surface area contributed by atoms with Crippen LogP contribution < -0.4 is 5.32 Å². The number of rotatable bonds is 4. The van der Waals surface area contributed by atoms with Gasteiger partial charge < -0.3 is 10.1 Å². The van der Waals surface area contributed by atoms with Crippen LogP contribution in [0.2, 0.25) is 0 Å². The molecular weight excluding hydrogens is 340 g/mol. The van der Waals surface area contributed by atoms with Crippen molar-refractivity contribution < 1.29 is 14.3 Å². The van der Waals surface area contributed by atoms with E-state index in [1.54, 1.807) is 18.3 Å². The number of esters is 1. The number of hydrogen-bond donors (Lipinski definition) is 1. The molecule has 1 aliphatic heterocycles. The molecule has 3 aromatic rings. The fourth-order valence-electron chi connectivity index (χ4n) is 3.23. The molecule has 2 aromatic carbocycles. The van der Waals surface area contributed by atoms with E-state index in [1.165, 1.54) is 0 Å². The number of pyridine rings is 1. The smallest absolute Gasteiger partial charge is 0.339 e. The van der Waals surface area contributed by atoms with Crippen LogP contribution in [0.15, 0.2) is 79.0 Å². The molecule has 0 saturated carbocycles. The number of amides is 1. The van der Waals surface area contributed by atoms with Gasteiger partial charge in [0.05, 0.1) is 17.3 Å². The third-order valence-electron chi connectivity index (χ3n) is 4.59. The third-order valence-corrected chi connectivity index (χ3v) is 4.59. The minimum Gasteiger partial charge on any atom is -0.448 e. The average molecular weight is 358 g/mol. The van der Waals surface area contributed by atoms with E-state index in [4.69, 9.17) is 4.74 Å². The highest BCUT2D eigenvalue weighted by Crippen LogP contribution is 2.23. The first kappa shape index (κ1) is 17.0. The molecule has 5 heteroatoms. The Morgan fingerprint density at radius 1 is 1.00 bits per heavy atom. The molecule has 1 aliphatic rings. The number of cyclic esters (lactones) is 1. The molecule has 1 aromatic heterocycles. The van der Waals surface area contributed by atoms with Gasteiger partial charge in [0.1, 0.15) is 0 Å². The molecular formula is C22H18N2O3. The lowest BCUT2D eigenvalue weighted by atomic mass is 9.97. The highest BCUT2D eigenvalue weighted by molar-refractivity contribution is 5.95. The Kier molecular flexibility index (Phi) is 4.66. The van der Waals surface area contributed by atoms with E-state index in [0.29, 0.717) is 12.0 Å². The van der Waals surface area contributed by atoms with Gasteiger partial charge in [-0.15, -0.1) is 0 Å². The largest absolute Gasteiger partial charge is 0.448 e. The molecule has 2 heterocycles. The van der Waals surface area contributed by atoms with E-state index in [-0.39, 0.29) is 5.91 Å². The second-order valence-corrected chi connectivity index (χ2v) is 6.36. The van der Waals surface area contributed by atoms with Gasteiger partial charge in [0, 0.05) is 12.6 Å². The molecule has 0 fully saturated rings. The summed E-state index contributed by atoms with van der Waals surface area (Å²) in [4.78, 5) is 29.5. The van der Waals surface area contributed by atoms with Gasteiger partial charge in [-0.05, 0) is 29.3 Å². The monoisotopic (exact) mass is 358 g/mol. The van der Waals surface area contributed by atoms with Crippen molar-refractivity contribution >= 4 is 11.9 Å². The lowest BCUT2D eigenvalue weighted by molar-refractivity contribution is -0.130. The van der Waals surface area contributed by atoms with Crippen LogP contribution in [-0.4, -0.2) is 23.0 Å². The van der Waals surface area contributed by atoms with Crippen molar-refractivity contribution in [2.75, 3.05) is 0 Å². The Balaban J connectivity index is 1.59. The van der Waals surface area contributed by atoms with Crippen LogP contribution in [0.25, 0.3) is 0 Å². The fraction of sp³-hybridized carbons (Fsp3) is 0.136. The summed E-state index contributed by atoms with van der Waals surface area (Å²) in [6.07, 6.45) is 1.19. The van der Waals surface area contributed by atoms with Crippen molar-refractivity contribution in [3.05, 3.63) is 101 Å². The quantitative estimate of drug-likeness (QED) is 0.728. The molecule has 0 aliphatic carbocycles. The van der Waals surface area contributed by atoms with Gasteiger partial charge in [0.25, 0.3) is 5.91 Å². The van der Waals surface area contributed by atoms with Crippen LogP contribution >= 0.6 is 0 Å². The first-order valence-corrected chi connectivity index (χ1v) is 8.77. The van der Waals surface area contributed by atoms with Crippen molar-refractivity contribution in [3.63, 3.8) is 0 Å². The lowest BCUT2D eigenvalue weighted by Gasteiger charge is -2.26. The molecule has 0 saturated heterocycles. The van der Waals surface area contributed by atoms with Gasteiger partial charge in [-0.25, -0.2) is 4.79 Å². The molecule has 0 radical (unpaired) electrons. The van der Waals surface area contributed by atoms with Crippen molar-refractivity contribution in [1.82, 2.24) is 10.3 Å². The first-order chi connectivity index (χ1) is 13.2. The van der Waals surface area contributed by atoms with Crippen molar-refractivity contribution in [1.29, 1.82) is 0 Å². The van der Waals surface area contributed by atoms with Crippen LogP contribution in [0, 0.1) is 0 Å². The first-order valence-electron chi connectivity index (χ1n) is 8.77. The number of nitrogens with one attached hydrogen (secondary N) is 1. The minimum absolute atomic E-state index is 0.336. The summed E-state index contributed by atoms with van der Waals surface area (Å²) in [6.45, 7) is 0. The molecule has 1 amide bonds. The summed E-state index contributed by atoms with van der Waals surface area (Å²) in [5.74, 6) is -0.802. The zero-order valence-corrected chi connectivity index (χ0v) is 14.5. The average Bonchev–Trinajstić information content (AvgIpc) is 2.73. The van der Waals surface area contributed by atoms with Gasteiger partial charge in [-0.2, -0.15) is 0 Å². The zero-order chi connectivity index (χ0) is 18.6. The molecule has 2 atom stereocenters. The molecule has 4 rings (SSSR count). The van der Waals surface area contributed by atoms with Crippen molar-refractivity contribution in [2.24, 2.45) is 0 Å². The highest BCUT2D eigenvalue weighted by Gasteiger charge is 2.32. The predicted octanol–water partition coefficient (Wildman–Crippen LogP) is 3.07. The topological polar surface area (TPSA) is 68.3 Å². The maximum absolute atomic E-state index is 12.9. The third kappa shape index (κ3) is 3.58. The Bertz CT molecular complexity index is 918. The summed E-state index contributed by atoms with van der Waals surface area (Å²) in [7, 11) is 0. The number of fused-ring (bicyclic) bond motifs is 1. The minimum atomic E-state index is -0.859. The summed E-state index contributed by atoms with van der Waals surface area (Å²) < 4.78 is 5.38. The Morgan fingerprint density at radius 3 is 2.52 bits per heavy atom. The van der Waals surface area contributed by atoms with E-state index in [0.717, 1.165) is 16.8 Å². The number of hydrogen-bond acceptors (Lipinski definition) is 4. The van der Waals surface area contributed by atoms with E-state index in [2.05, 4.69) is 10.3 Å². The standard InChI is InChI=1S/C22H18N2O3/c25-21(19-14-16-10-4-5-11-17(16)22(26)27-19)24-20(15-8-2-1-3-9-15)18-12-6-7-13-23-18/h1-13,19-20H,14H2,(H,24,25)/t19-,20-/m0/s1. The molecule has 0 spiro atoms. The van der Waals surface area contributed by atoms with Crippen LogP contribution in [0.1, 0.15) is 33.2 Å². The number of nitrogens with zero attached hydrogens (tertiary/aromatic N) is 1. The van der Waals surface area contributed by atoms with Gasteiger partial charge >= 0.3 is 5.97 Å². The number of ether oxygens (including phenoxy) is 1. The van der Waals surface area contributed by atoms with E-state index < -0.39 is 18.1 Å². The molecule has 134 valence electrons. The number of benzene rings is 2. The second-order valence-electron chi connectivity index (χ2n) is 6.36. The number of aromatic nitrogens is 1. The Hall–Kier alpha value is -3.47. The lowest BCUT2D eigenvalue weighted by Crippen LogP contribution is -2.43. The van der Waals surface area contributed by atoms with Gasteiger partial charge in [0.2, 0.25) is 0 Å². The van der Waals surface area contributed by atoms with Crippen LogP contribution in [0.5, 0.6) is 0 Å². The van der Waals surface area contributed by atoms with E-state index >= 15 is 0 Å². The van der Waals surface area contributed by atoms with Crippen LogP contribution in [0.4, 0.5) is 0 Å². The maximum atomic E-state index is 12.9. The SMILES string of the molecule is O=C1O[C@H](C(=O)N[C@@H](c2ccccc2)c2ccccn2)Cc2ccccc21. The summed E-state index contributed by atoms with van der Waals surface area (Å²) in [5.41, 5.74) is 2.97. The summed E-state index contributed by atoms with van der Waals surface area (Å²) in [5, 5.41) is 2.99. The molecule has 1 N–H and O–H groups in total. The van der Waals surface area contributed by atoms with Crippen molar-refractivity contribution in [2.45, 2.75) is 18.6 Å². The fourth-order valence-corrected chi connectivity index (χ4v) is 3.23. The zero-order valence-electron chi connectivity index (χ0n) is 14.5. The normalized spacial score (nSPS) is 16.7. The highest BCUT2D eigenvalue weighted by atomic mass is 16.5. The van der Waals surface area contributed by atoms with E-state index in [9.17, 15) is 9.59 Å². The molecule has 27 heavy (non-hydrogen) atoms. The Labute approximate surface area is 157 Å². The van der Waals surface area contributed by atoms with Crippen molar-refractivity contribution in [3.8, 4) is 0 Å². The summed E-state index contributed by atoms with van der Waals surface area (Å²) >= 11 is 0. The molecule has 0 unspecified atom stereocenters. The van der Waals surface area contributed by atoms with E-state index in [1.807, 2.05) is 60.7 Å². The summed E-state index contributed by atoms with van der Waals surface area (Å²) in [6, 6.07) is 22.0. The van der Waals surface area contributed by atoms with Crippen LogP contribution in [0.3, 0.4) is 0 Å². The molecule has 0 bridgehead atoms. The number of carbonyl (C=O) groups excluding carboxylic acids is 2. The Morgan fingerprint density at radius 2 is 1.74 bits per heavy atom.